The summed E-state index contributed by atoms with van der Waals surface area (Å²) in [5.74, 6) is -0.715. The van der Waals surface area contributed by atoms with Crippen LogP contribution in [0, 0.1) is 5.92 Å². The summed E-state index contributed by atoms with van der Waals surface area (Å²) in [7, 11) is 1.36. The van der Waals surface area contributed by atoms with Crippen molar-refractivity contribution in [1.29, 1.82) is 0 Å². The summed E-state index contributed by atoms with van der Waals surface area (Å²) in [6.07, 6.45) is 7.36. The highest BCUT2D eigenvalue weighted by Crippen LogP contribution is 2.27. The molecule has 2 N–H and O–H groups in total. The Bertz CT molecular complexity index is 856. The van der Waals surface area contributed by atoms with Crippen LogP contribution >= 0.6 is 0 Å². The Kier molecular flexibility index (Phi) is 11.5. The van der Waals surface area contributed by atoms with Crippen molar-refractivity contribution in [2.75, 3.05) is 26.9 Å². The topological polar surface area (TPSA) is 112 Å². The SMILES string of the molecule is CCCC[C@H](NC(=O)c1cccc(OCCOC2CCCCO2)c1)C(=O)N[C@H]1CCC[C@H]1C(=O)OC. The predicted octanol–water partition coefficient (Wildman–Crippen LogP) is 3.36. The molecule has 3 rings (SSSR count). The van der Waals surface area contributed by atoms with Crippen LogP contribution in [0.25, 0.3) is 0 Å². The van der Waals surface area contributed by atoms with Crippen molar-refractivity contribution < 1.29 is 33.3 Å². The summed E-state index contributed by atoms with van der Waals surface area (Å²) in [5, 5.41) is 5.85. The molecule has 4 atom stereocenters. The highest BCUT2D eigenvalue weighted by atomic mass is 16.7. The van der Waals surface area contributed by atoms with Crippen molar-refractivity contribution in [3.8, 4) is 5.75 Å². The van der Waals surface area contributed by atoms with E-state index in [2.05, 4.69) is 10.6 Å². The number of unbranched alkanes of at least 4 members (excludes halogenated alkanes) is 1. The van der Waals surface area contributed by atoms with Crippen molar-refractivity contribution >= 4 is 17.8 Å². The van der Waals surface area contributed by atoms with Crippen molar-refractivity contribution in [2.24, 2.45) is 5.92 Å². The maximum Gasteiger partial charge on any atom is 0.310 e. The van der Waals surface area contributed by atoms with Gasteiger partial charge in [-0.25, -0.2) is 0 Å². The Morgan fingerprint density at radius 1 is 1.11 bits per heavy atom. The number of carbonyl (C=O) groups is 3. The molecule has 1 aromatic rings. The summed E-state index contributed by atoms with van der Waals surface area (Å²) in [6, 6.07) is 5.91. The smallest absolute Gasteiger partial charge is 0.310 e. The van der Waals surface area contributed by atoms with E-state index in [4.69, 9.17) is 18.9 Å². The fraction of sp³-hybridized carbons (Fsp3) is 0.667. The zero-order valence-electron chi connectivity index (χ0n) is 21.5. The maximum atomic E-state index is 13.1. The third-order valence-corrected chi connectivity index (χ3v) is 6.71. The van der Waals surface area contributed by atoms with Gasteiger partial charge in [0.25, 0.3) is 5.91 Å². The molecular formula is C27H40N2O7. The van der Waals surface area contributed by atoms with E-state index in [-0.39, 0.29) is 36.0 Å². The molecule has 1 aliphatic heterocycles. The van der Waals surface area contributed by atoms with Gasteiger partial charge in [0.05, 0.1) is 19.6 Å². The maximum absolute atomic E-state index is 13.1. The molecule has 1 aromatic carbocycles. The molecule has 1 heterocycles. The van der Waals surface area contributed by atoms with E-state index in [1.165, 1.54) is 7.11 Å². The van der Waals surface area contributed by atoms with Gasteiger partial charge in [0.1, 0.15) is 18.4 Å². The third kappa shape index (κ3) is 8.48. The van der Waals surface area contributed by atoms with Crippen LogP contribution < -0.4 is 15.4 Å². The van der Waals surface area contributed by atoms with E-state index in [0.717, 1.165) is 51.6 Å². The van der Waals surface area contributed by atoms with Crippen molar-refractivity contribution in [3.05, 3.63) is 29.8 Å². The first-order chi connectivity index (χ1) is 17.5. The lowest BCUT2D eigenvalue weighted by atomic mass is 10.0. The number of ether oxygens (including phenoxy) is 4. The van der Waals surface area contributed by atoms with Gasteiger partial charge in [0, 0.05) is 18.2 Å². The van der Waals surface area contributed by atoms with Gasteiger partial charge in [-0.3, -0.25) is 14.4 Å². The number of hydrogen-bond acceptors (Lipinski definition) is 7. The van der Waals surface area contributed by atoms with Gasteiger partial charge in [-0.1, -0.05) is 32.3 Å². The van der Waals surface area contributed by atoms with Crippen LogP contribution in [-0.4, -0.2) is 63.1 Å². The molecule has 1 aliphatic carbocycles. The first kappa shape index (κ1) is 27.9. The molecule has 2 fully saturated rings. The first-order valence-electron chi connectivity index (χ1n) is 13.2. The number of carbonyl (C=O) groups excluding carboxylic acids is 3. The van der Waals surface area contributed by atoms with Gasteiger partial charge in [-0.2, -0.15) is 0 Å². The molecule has 2 amide bonds. The van der Waals surface area contributed by atoms with Crippen LogP contribution in [0.5, 0.6) is 5.75 Å². The number of hydrogen-bond donors (Lipinski definition) is 2. The van der Waals surface area contributed by atoms with Crippen LogP contribution in [0.1, 0.15) is 75.1 Å². The van der Waals surface area contributed by atoms with Gasteiger partial charge >= 0.3 is 5.97 Å². The van der Waals surface area contributed by atoms with Gasteiger partial charge < -0.3 is 29.6 Å². The van der Waals surface area contributed by atoms with Crippen LogP contribution in [0.4, 0.5) is 0 Å². The van der Waals surface area contributed by atoms with Crippen molar-refractivity contribution in [3.63, 3.8) is 0 Å². The molecule has 1 saturated carbocycles. The Labute approximate surface area is 213 Å². The van der Waals surface area contributed by atoms with Crippen LogP contribution in [-0.2, 0) is 23.8 Å². The van der Waals surface area contributed by atoms with Crippen LogP contribution in [0.2, 0.25) is 0 Å². The van der Waals surface area contributed by atoms with Crippen molar-refractivity contribution in [1.82, 2.24) is 10.6 Å². The minimum Gasteiger partial charge on any atom is -0.491 e. The van der Waals surface area contributed by atoms with E-state index in [0.29, 0.717) is 37.4 Å². The van der Waals surface area contributed by atoms with E-state index in [1.54, 1.807) is 24.3 Å². The number of esters is 1. The lowest BCUT2D eigenvalue weighted by Gasteiger charge is -2.24. The van der Waals surface area contributed by atoms with E-state index in [9.17, 15) is 14.4 Å². The molecule has 1 unspecified atom stereocenters. The van der Waals surface area contributed by atoms with Gasteiger partial charge in [0.15, 0.2) is 6.29 Å². The largest absolute Gasteiger partial charge is 0.491 e. The molecule has 0 radical (unpaired) electrons. The van der Waals surface area contributed by atoms with E-state index < -0.39 is 6.04 Å². The molecule has 200 valence electrons. The first-order valence-corrected chi connectivity index (χ1v) is 13.2. The van der Waals surface area contributed by atoms with Crippen molar-refractivity contribution in [2.45, 2.75) is 83.1 Å². The molecule has 0 aromatic heterocycles. The molecule has 0 spiro atoms. The quantitative estimate of drug-likeness (QED) is 0.313. The zero-order chi connectivity index (χ0) is 25.8. The van der Waals surface area contributed by atoms with Gasteiger partial charge in [-0.05, 0) is 56.7 Å². The predicted molar refractivity (Wildman–Crippen MR) is 134 cm³/mol. The second kappa shape index (κ2) is 14.8. The number of benzene rings is 1. The van der Waals surface area contributed by atoms with E-state index >= 15 is 0 Å². The Balaban J connectivity index is 1.53. The molecule has 0 bridgehead atoms. The average molecular weight is 505 g/mol. The fourth-order valence-corrected chi connectivity index (χ4v) is 4.68. The monoisotopic (exact) mass is 504 g/mol. The summed E-state index contributed by atoms with van der Waals surface area (Å²) in [5.41, 5.74) is 0.409. The lowest BCUT2D eigenvalue weighted by Crippen LogP contribution is -2.51. The number of nitrogens with one attached hydrogen (secondary N) is 2. The standard InChI is InChI=1S/C27H40N2O7/c1-3-4-12-23(26(31)28-22-13-8-11-21(22)27(32)33-2)29-25(30)19-9-7-10-20(18-19)34-16-17-36-24-14-5-6-15-35-24/h7,9-10,18,21-24H,3-6,8,11-17H2,1-2H3,(H,28,31)(H,29,30)/t21-,22+,23+,24?/m1/s1. The number of amides is 2. The number of methoxy groups -OCH3 is 1. The lowest BCUT2D eigenvalue weighted by molar-refractivity contribution is -0.165. The minimum absolute atomic E-state index is 0.169. The molecule has 2 aliphatic rings. The minimum atomic E-state index is -0.690. The molecule has 36 heavy (non-hydrogen) atoms. The Morgan fingerprint density at radius 2 is 1.97 bits per heavy atom. The number of rotatable bonds is 13. The summed E-state index contributed by atoms with van der Waals surface area (Å²) >= 11 is 0. The molecular weight excluding hydrogens is 464 g/mol. The second-order valence-corrected chi connectivity index (χ2v) is 9.39. The summed E-state index contributed by atoms with van der Waals surface area (Å²) in [6.45, 7) is 3.50. The Morgan fingerprint density at radius 3 is 2.72 bits per heavy atom. The van der Waals surface area contributed by atoms with Crippen LogP contribution in [0.3, 0.4) is 0 Å². The summed E-state index contributed by atoms with van der Waals surface area (Å²) in [4.78, 5) is 38.1. The molecule has 1 saturated heterocycles. The fourth-order valence-electron chi connectivity index (χ4n) is 4.68. The average Bonchev–Trinajstić information content (AvgIpc) is 3.37. The molecule has 9 nitrogen and oxygen atoms in total. The highest BCUT2D eigenvalue weighted by Gasteiger charge is 2.36. The highest BCUT2D eigenvalue weighted by molar-refractivity contribution is 5.98. The van der Waals surface area contributed by atoms with Crippen LogP contribution in [0.15, 0.2) is 24.3 Å². The van der Waals surface area contributed by atoms with Gasteiger partial charge in [-0.15, -0.1) is 0 Å². The van der Waals surface area contributed by atoms with E-state index in [1.807, 2.05) is 6.92 Å². The third-order valence-electron chi connectivity index (χ3n) is 6.71. The molecule has 9 heteroatoms. The summed E-state index contributed by atoms with van der Waals surface area (Å²) < 4.78 is 21.9. The van der Waals surface area contributed by atoms with Gasteiger partial charge in [0.2, 0.25) is 5.91 Å². The Hall–Kier alpha value is -2.65. The normalized spacial score (nSPS) is 22.4. The second-order valence-electron chi connectivity index (χ2n) is 9.39. The zero-order valence-corrected chi connectivity index (χ0v) is 21.5.